The number of anilines is 1. The van der Waals surface area contributed by atoms with E-state index in [9.17, 15) is 4.79 Å². The lowest BCUT2D eigenvalue weighted by Crippen LogP contribution is -2.20. The fourth-order valence-corrected chi connectivity index (χ4v) is 3.50. The summed E-state index contributed by atoms with van der Waals surface area (Å²) in [6.07, 6.45) is 4.79. The predicted molar refractivity (Wildman–Crippen MR) is 113 cm³/mol. The maximum atomic E-state index is 12.7. The van der Waals surface area contributed by atoms with E-state index in [1.54, 1.807) is 0 Å². The van der Waals surface area contributed by atoms with Crippen molar-refractivity contribution >= 4 is 17.2 Å². The fourth-order valence-electron chi connectivity index (χ4n) is 3.50. The molecule has 2 aromatic carbocycles. The summed E-state index contributed by atoms with van der Waals surface area (Å²) in [4.78, 5) is 17.5. The van der Waals surface area contributed by atoms with Gasteiger partial charge in [-0.3, -0.25) is 4.79 Å². The lowest BCUT2D eigenvalue weighted by Gasteiger charge is -2.15. The van der Waals surface area contributed by atoms with Crippen LogP contribution in [-0.4, -0.2) is 15.3 Å². The van der Waals surface area contributed by atoms with E-state index in [-0.39, 0.29) is 11.8 Å². The molecule has 4 aromatic rings. The Hall–Kier alpha value is -3.40. The molecule has 0 unspecified atom stereocenters. The van der Waals surface area contributed by atoms with Crippen molar-refractivity contribution in [1.82, 2.24) is 9.38 Å². The second-order valence-electron chi connectivity index (χ2n) is 6.99. The molecule has 0 saturated carbocycles. The van der Waals surface area contributed by atoms with Gasteiger partial charge in [-0.15, -0.1) is 0 Å². The van der Waals surface area contributed by atoms with Gasteiger partial charge in [0.1, 0.15) is 5.65 Å². The summed E-state index contributed by atoms with van der Waals surface area (Å²) in [7, 11) is 0. The number of amides is 1. The maximum absolute atomic E-state index is 12.7. The van der Waals surface area contributed by atoms with Crippen LogP contribution in [0.25, 0.3) is 16.9 Å². The first-order valence-electron chi connectivity index (χ1n) is 9.56. The van der Waals surface area contributed by atoms with E-state index in [4.69, 9.17) is 4.98 Å². The molecule has 140 valence electrons. The highest BCUT2D eigenvalue weighted by Gasteiger charge is 2.18. The number of pyridine rings is 1. The van der Waals surface area contributed by atoms with Gasteiger partial charge in [-0.25, -0.2) is 4.98 Å². The fraction of sp³-hybridized carbons (Fsp3) is 0.167. The molecule has 0 bridgehead atoms. The van der Waals surface area contributed by atoms with E-state index < -0.39 is 0 Å². The molecule has 1 atom stereocenters. The van der Waals surface area contributed by atoms with Gasteiger partial charge in [0.05, 0.1) is 11.6 Å². The van der Waals surface area contributed by atoms with E-state index in [1.165, 1.54) is 0 Å². The smallest absolute Gasteiger partial charge is 0.231 e. The summed E-state index contributed by atoms with van der Waals surface area (Å²) in [6, 6.07) is 21.8. The van der Waals surface area contributed by atoms with Crippen molar-refractivity contribution in [2.45, 2.75) is 26.2 Å². The van der Waals surface area contributed by atoms with Crippen LogP contribution >= 0.6 is 0 Å². The standard InChI is InChI=1S/C24H23N3O/c1-3-21(18-9-5-4-6-10-18)24(28)25-20-13-11-19(12-14-20)22-16-27-15-7-8-17(2)23(27)26-22/h4-16,21H,3H2,1-2H3,(H,25,28)/t21-/m0/s1. The molecule has 0 saturated heterocycles. The average Bonchev–Trinajstić information content (AvgIpc) is 3.16. The Morgan fingerprint density at radius 3 is 2.46 bits per heavy atom. The molecule has 4 heteroatoms. The number of hydrogen-bond donors (Lipinski definition) is 1. The molecular weight excluding hydrogens is 346 g/mol. The molecule has 1 N–H and O–H groups in total. The van der Waals surface area contributed by atoms with Crippen LogP contribution in [0.15, 0.2) is 79.1 Å². The summed E-state index contributed by atoms with van der Waals surface area (Å²) in [6.45, 7) is 4.09. The average molecular weight is 369 g/mol. The highest BCUT2D eigenvalue weighted by atomic mass is 16.1. The minimum Gasteiger partial charge on any atom is -0.326 e. The van der Waals surface area contributed by atoms with Crippen LogP contribution in [0.1, 0.15) is 30.4 Å². The number of imidazole rings is 1. The zero-order valence-electron chi connectivity index (χ0n) is 16.1. The first-order chi connectivity index (χ1) is 13.7. The zero-order valence-corrected chi connectivity index (χ0v) is 16.1. The number of nitrogens with zero attached hydrogens (tertiary/aromatic N) is 2. The largest absolute Gasteiger partial charge is 0.326 e. The van der Waals surface area contributed by atoms with E-state index in [1.807, 2.05) is 84.4 Å². The van der Waals surface area contributed by atoms with Crippen LogP contribution in [-0.2, 0) is 4.79 Å². The van der Waals surface area contributed by atoms with Crippen LogP contribution in [0.4, 0.5) is 5.69 Å². The third kappa shape index (κ3) is 3.54. The topological polar surface area (TPSA) is 46.4 Å². The zero-order chi connectivity index (χ0) is 19.5. The molecule has 0 radical (unpaired) electrons. The Morgan fingerprint density at radius 2 is 1.79 bits per heavy atom. The predicted octanol–water partition coefficient (Wildman–Crippen LogP) is 5.44. The lowest BCUT2D eigenvalue weighted by molar-refractivity contribution is -0.117. The summed E-state index contributed by atoms with van der Waals surface area (Å²) in [5, 5.41) is 3.04. The van der Waals surface area contributed by atoms with Gasteiger partial charge in [0.25, 0.3) is 0 Å². The molecule has 0 aliphatic rings. The van der Waals surface area contributed by atoms with Crippen LogP contribution in [0.2, 0.25) is 0 Å². The summed E-state index contributed by atoms with van der Waals surface area (Å²) < 4.78 is 2.03. The molecule has 0 spiro atoms. The number of aromatic nitrogens is 2. The minimum atomic E-state index is -0.151. The Kier molecular flexibility index (Phi) is 4.94. The van der Waals surface area contributed by atoms with E-state index >= 15 is 0 Å². The van der Waals surface area contributed by atoms with Crippen molar-refractivity contribution < 1.29 is 4.79 Å². The Labute approximate surface area is 164 Å². The molecule has 28 heavy (non-hydrogen) atoms. The van der Waals surface area contributed by atoms with Crippen LogP contribution in [0.3, 0.4) is 0 Å². The first-order valence-corrected chi connectivity index (χ1v) is 9.56. The van der Waals surface area contributed by atoms with Gasteiger partial charge in [-0.2, -0.15) is 0 Å². The first kappa shape index (κ1) is 18.0. The van der Waals surface area contributed by atoms with Gasteiger partial charge >= 0.3 is 0 Å². The third-order valence-corrected chi connectivity index (χ3v) is 5.05. The van der Waals surface area contributed by atoms with Crippen LogP contribution in [0, 0.1) is 6.92 Å². The van der Waals surface area contributed by atoms with Gasteiger partial charge in [0, 0.05) is 23.6 Å². The van der Waals surface area contributed by atoms with Crippen molar-refractivity contribution in [1.29, 1.82) is 0 Å². The van der Waals surface area contributed by atoms with Gasteiger partial charge in [0.15, 0.2) is 0 Å². The van der Waals surface area contributed by atoms with E-state index in [0.717, 1.165) is 40.1 Å². The number of fused-ring (bicyclic) bond motifs is 1. The third-order valence-electron chi connectivity index (χ3n) is 5.05. The number of benzene rings is 2. The molecule has 2 heterocycles. The highest BCUT2D eigenvalue weighted by Crippen LogP contribution is 2.24. The molecule has 2 aromatic heterocycles. The monoisotopic (exact) mass is 369 g/mol. The minimum absolute atomic E-state index is 0.0183. The number of aryl methyl sites for hydroxylation is 1. The van der Waals surface area contributed by atoms with Gasteiger partial charge in [-0.05, 0) is 42.7 Å². The maximum Gasteiger partial charge on any atom is 0.231 e. The molecule has 1 amide bonds. The number of hydrogen-bond acceptors (Lipinski definition) is 2. The van der Waals surface area contributed by atoms with E-state index in [2.05, 4.69) is 18.3 Å². The number of rotatable bonds is 5. The summed E-state index contributed by atoms with van der Waals surface area (Å²) >= 11 is 0. The van der Waals surface area contributed by atoms with Gasteiger partial charge in [0.2, 0.25) is 5.91 Å². The number of carbonyl (C=O) groups is 1. The van der Waals surface area contributed by atoms with Crippen molar-refractivity contribution in [3.63, 3.8) is 0 Å². The Bertz CT molecular complexity index is 1100. The van der Waals surface area contributed by atoms with Crippen LogP contribution < -0.4 is 5.32 Å². The highest BCUT2D eigenvalue weighted by molar-refractivity contribution is 5.96. The van der Waals surface area contributed by atoms with Crippen molar-refractivity contribution in [3.05, 3.63) is 90.3 Å². The van der Waals surface area contributed by atoms with Crippen LogP contribution in [0.5, 0.6) is 0 Å². The normalized spacial score (nSPS) is 12.1. The number of nitrogens with one attached hydrogen (secondary N) is 1. The second-order valence-corrected chi connectivity index (χ2v) is 6.99. The molecule has 0 aliphatic carbocycles. The summed E-state index contributed by atoms with van der Waals surface area (Å²) in [5.41, 5.74) is 5.88. The Balaban J connectivity index is 1.52. The lowest BCUT2D eigenvalue weighted by atomic mass is 9.95. The van der Waals surface area contributed by atoms with Crippen molar-refractivity contribution in [2.24, 2.45) is 0 Å². The summed E-state index contributed by atoms with van der Waals surface area (Å²) in [5.74, 6) is -0.132. The van der Waals surface area contributed by atoms with Gasteiger partial charge in [-0.1, -0.05) is 55.5 Å². The van der Waals surface area contributed by atoms with Crippen molar-refractivity contribution in [2.75, 3.05) is 5.32 Å². The molecule has 4 nitrogen and oxygen atoms in total. The Morgan fingerprint density at radius 1 is 1.04 bits per heavy atom. The molecule has 4 rings (SSSR count). The molecule has 0 aliphatic heterocycles. The molecular formula is C24H23N3O. The second kappa shape index (κ2) is 7.69. The van der Waals surface area contributed by atoms with Crippen molar-refractivity contribution in [3.8, 4) is 11.3 Å². The van der Waals surface area contributed by atoms with E-state index in [0.29, 0.717) is 0 Å². The quantitative estimate of drug-likeness (QED) is 0.509. The van der Waals surface area contributed by atoms with Gasteiger partial charge < -0.3 is 9.72 Å². The SMILES string of the molecule is CC[C@H](C(=O)Nc1ccc(-c2cn3cccc(C)c3n2)cc1)c1ccccc1. The molecule has 0 fully saturated rings. The number of carbonyl (C=O) groups excluding carboxylic acids is 1.